The third kappa shape index (κ3) is 30.6. The van der Waals surface area contributed by atoms with Crippen molar-refractivity contribution in [3.63, 3.8) is 0 Å². The number of aliphatic hydroxyl groups is 6. The van der Waals surface area contributed by atoms with E-state index in [0.717, 1.165) is 0 Å². The van der Waals surface area contributed by atoms with Crippen LogP contribution in [0.1, 0.15) is 0 Å². The highest BCUT2D eigenvalue weighted by Crippen LogP contribution is 2.32. The van der Waals surface area contributed by atoms with Crippen LogP contribution in [0.2, 0.25) is 0 Å². The number of aliphatic hydroxyl groups excluding tert-OH is 6. The quantitative estimate of drug-likeness (QED) is 0.0350. The van der Waals surface area contributed by atoms with Crippen LogP contribution in [0.3, 0.4) is 0 Å². The SMILES string of the molecule is OCC(O)CNB(B(I)B(I)[B][B]B(I)I)B(I)B(I)B(I)B(I)B(I)B(I)N(CC(O)CO)B(I)B(I)B(I)B(I)B(I)B(I)B(NCC(O)CO)B(I)B(I)[B][B]B(I)I. The number of hydrogen-bond donors (Lipinski definition) is 8. The van der Waals surface area contributed by atoms with Gasteiger partial charge < -0.3 is 45.8 Å². The molecule has 0 aromatic rings. The van der Waals surface area contributed by atoms with Crippen molar-refractivity contribution in [1.29, 1.82) is 0 Å². The van der Waals surface area contributed by atoms with E-state index < -0.39 is 18.3 Å². The van der Waals surface area contributed by atoms with Crippen molar-refractivity contribution >= 4 is 564 Å². The summed E-state index contributed by atoms with van der Waals surface area (Å²) in [6.07, 6.45) is -2.51. The number of nitrogens with zero attached hydrogens (tertiary/aromatic N) is 1. The molecule has 0 aromatic heterocycles. The lowest BCUT2D eigenvalue weighted by atomic mass is 8.83. The van der Waals surface area contributed by atoms with Crippen LogP contribution in [-0.2, 0) is 0 Å². The lowest BCUT2D eigenvalue weighted by Gasteiger charge is -2.37. The molecule has 53 heteroatoms. The van der Waals surface area contributed by atoms with Gasteiger partial charge in [-0.05, 0) is 0 Å². The fourth-order valence-electron chi connectivity index (χ4n) is 5.22. The van der Waals surface area contributed by atoms with Gasteiger partial charge in [-0.2, -0.15) is 313 Å². The molecule has 0 aliphatic heterocycles. The zero-order chi connectivity index (χ0) is 48.3. The first kappa shape index (κ1) is 77.8. The Balaban J connectivity index is 6.41. The second kappa shape index (κ2) is 44.3. The molecule has 4 radical (unpaired) electrons. The van der Waals surface area contributed by atoms with E-state index in [-0.39, 0.29) is 103 Å². The van der Waals surface area contributed by atoms with Gasteiger partial charge in [0.1, 0.15) is 8.70 Å². The van der Waals surface area contributed by atoms with Crippen LogP contribution in [0, 0.1) is 0 Å². The molecule has 3 atom stereocenters. The molecule has 0 aliphatic rings. The number of halogens is 20. The summed E-state index contributed by atoms with van der Waals surface area (Å²) in [6, 6.07) is 0. The van der Waals surface area contributed by atoms with Gasteiger partial charge in [-0.3, -0.25) is 0 Å². The molecule has 62 heavy (non-hydrogen) atoms. The highest BCUT2D eigenvalue weighted by Gasteiger charge is 2.55. The first-order valence-corrected chi connectivity index (χ1v) is 42.9. The summed E-state index contributed by atoms with van der Waals surface area (Å²) in [5, 5.41) is 68.2. The molecule has 0 saturated heterocycles. The average Bonchev–Trinajstić information content (AvgIpc) is 3.25. The minimum atomic E-state index is -0.867. The highest BCUT2D eigenvalue weighted by atomic mass is 127. The highest BCUT2D eigenvalue weighted by molar-refractivity contribution is 14.3. The summed E-state index contributed by atoms with van der Waals surface area (Å²) < 4.78 is 6.87. The van der Waals surface area contributed by atoms with Gasteiger partial charge in [-0.25, -0.2) is 0 Å². The maximum atomic E-state index is 11.0. The van der Waals surface area contributed by atoms with Crippen molar-refractivity contribution < 1.29 is 30.6 Å². The summed E-state index contributed by atoms with van der Waals surface area (Å²) in [7, 11) is 9.02. The Hall–Kier alpha value is 15.8. The summed E-state index contributed by atoms with van der Waals surface area (Å²) >= 11 is 51.2. The molecule has 0 saturated carbocycles. The first-order chi connectivity index (χ1) is 28.7. The maximum Gasteiger partial charge on any atom is 0.256 e. The largest absolute Gasteiger partial charge is 0.394 e. The monoisotopic (exact) mass is 3070 g/mol. The molecule has 0 bridgehead atoms. The molecule has 9 nitrogen and oxygen atoms in total. The van der Waals surface area contributed by atoms with Crippen LogP contribution >= 0.6 is 447 Å². The van der Waals surface area contributed by atoms with Gasteiger partial charge in [0, 0.05) is 33.8 Å². The third-order valence-corrected chi connectivity index (χ3v) is 50.6. The van der Waals surface area contributed by atoms with Crippen LogP contribution in [0.4, 0.5) is 0 Å². The Kier molecular flexibility index (Phi) is 55.6. The van der Waals surface area contributed by atoms with Gasteiger partial charge in [-0.1, -0.05) is 0 Å². The van der Waals surface area contributed by atoms with Crippen molar-refractivity contribution in [3.8, 4) is 0 Å². The fraction of sp³-hybridized carbons (Fsp3) is 1.00. The minimum absolute atomic E-state index is 0.0573. The summed E-state index contributed by atoms with van der Waals surface area (Å²) in [5.41, 5.74) is 0. The Bertz CT molecular complexity index is 1120. The Morgan fingerprint density at radius 1 is 0.371 bits per heavy atom. The predicted octanol–water partition coefficient (Wildman–Crippen LogP) is 3.93. The summed E-state index contributed by atoms with van der Waals surface area (Å²) in [5.74, 6) is 0. The standard InChI is InChI=1S/C9H23B24I20N3O6/c34-14(10-12-16(36)37)18(40)30(54-1-7(60)4-57)26(48)22(44)20(42)24(46)28(50)32(52)56(3-9(62)6-59)33(53)29(51)25(47)21(43)23(45)27(49)31(55-2-8(61)5-58)19(41)15(35)11-13-17(38)39/h7-9,54-55,57-62H,1-6H2. The van der Waals surface area contributed by atoms with E-state index in [2.05, 4.69) is 491 Å². The van der Waals surface area contributed by atoms with E-state index in [4.69, 9.17) is 0 Å². The molecule has 0 aromatic carbocycles. The van der Waals surface area contributed by atoms with Crippen molar-refractivity contribution in [2.45, 2.75) is 18.3 Å². The molecule has 0 spiro atoms. The first-order valence-electron chi connectivity index (χ1n) is 18.0. The molecular weight excluding hydrogens is 3040 g/mol. The summed E-state index contributed by atoms with van der Waals surface area (Å²) in [6.45, 7) is 0.319. The van der Waals surface area contributed by atoms with Gasteiger partial charge in [0.15, 0.2) is 65.5 Å². The molecule has 0 amide bonds. The molecule has 322 valence electrons. The molecule has 0 fully saturated rings. The smallest absolute Gasteiger partial charge is 0.256 e. The lowest BCUT2D eigenvalue weighted by Crippen LogP contribution is -2.70. The molecule has 0 heterocycles. The molecule has 0 aliphatic carbocycles. The Morgan fingerprint density at radius 3 is 0.919 bits per heavy atom. The van der Waals surface area contributed by atoms with Gasteiger partial charge in [-0.15, -0.1) is 134 Å². The van der Waals surface area contributed by atoms with Crippen molar-refractivity contribution in [2.24, 2.45) is 0 Å². The predicted molar refractivity (Wildman–Crippen MR) is 480 cm³/mol. The van der Waals surface area contributed by atoms with E-state index in [9.17, 15) is 30.6 Å². The van der Waals surface area contributed by atoms with Gasteiger partial charge >= 0.3 is 0 Å². The summed E-state index contributed by atoms with van der Waals surface area (Å²) in [4.78, 5) is 0. The van der Waals surface area contributed by atoms with Crippen molar-refractivity contribution in [1.82, 2.24) is 15.2 Å². The topological polar surface area (TPSA) is 149 Å². The second-order valence-electron chi connectivity index (χ2n) is 13.5. The zero-order valence-electron chi connectivity index (χ0n) is 31.5. The van der Waals surface area contributed by atoms with E-state index in [1.807, 2.05) is 0 Å². The van der Waals surface area contributed by atoms with E-state index in [0.29, 0.717) is 24.3 Å². The molecule has 3 unspecified atom stereocenters. The second-order valence-corrected chi connectivity index (χ2v) is 46.3. The number of hydrogen-bond acceptors (Lipinski definition) is 9. The van der Waals surface area contributed by atoms with E-state index in [1.165, 1.54) is 0 Å². The number of nitrogens with one attached hydrogen (secondary N) is 2. The lowest BCUT2D eigenvalue weighted by molar-refractivity contribution is 0.0891. The normalized spacial score (nSPS) is 12.2. The Labute approximate surface area is 649 Å². The van der Waals surface area contributed by atoms with Crippen molar-refractivity contribution in [2.75, 3.05) is 39.5 Å². The Morgan fingerprint density at radius 2 is 0.645 bits per heavy atom. The molecular formula is C9H23B24I20N3O6. The van der Waals surface area contributed by atoms with Gasteiger partial charge in [0.05, 0.1) is 52.3 Å². The van der Waals surface area contributed by atoms with Crippen LogP contribution in [0.25, 0.3) is 0 Å². The van der Waals surface area contributed by atoms with E-state index in [1.54, 1.807) is 0 Å². The minimum Gasteiger partial charge on any atom is -0.394 e. The van der Waals surface area contributed by atoms with E-state index >= 15 is 0 Å². The zero-order valence-corrected chi connectivity index (χ0v) is 74.7. The van der Waals surface area contributed by atoms with Crippen LogP contribution < -0.4 is 10.5 Å². The molecule has 8 N–H and O–H groups in total. The third-order valence-electron chi connectivity index (χ3n) is 8.69. The average molecular weight is 3070 g/mol. The fourth-order valence-corrected chi connectivity index (χ4v) is 29.3. The van der Waals surface area contributed by atoms with Crippen LogP contribution in [-0.4, -0.2) is 209 Å². The van der Waals surface area contributed by atoms with Gasteiger partial charge in [0.25, 0.3) is 9.19 Å². The number of rotatable bonds is 35. The van der Waals surface area contributed by atoms with Crippen LogP contribution in [0.15, 0.2) is 0 Å². The van der Waals surface area contributed by atoms with Gasteiger partial charge in [0.2, 0.25) is 4.63 Å². The van der Waals surface area contributed by atoms with Crippen LogP contribution in [0.5, 0.6) is 0 Å². The van der Waals surface area contributed by atoms with Crippen molar-refractivity contribution in [3.05, 3.63) is 0 Å². The maximum absolute atomic E-state index is 11.0. The molecule has 0 rings (SSSR count).